The van der Waals surface area contributed by atoms with Crippen LogP contribution in [0.4, 0.5) is 0 Å². The van der Waals surface area contributed by atoms with Gasteiger partial charge in [-0.15, -0.1) is 0 Å². The van der Waals surface area contributed by atoms with Gasteiger partial charge in [0.1, 0.15) is 11.5 Å². The fraction of sp³-hybridized carbons (Fsp3) is 0.400. The van der Waals surface area contributed by atoms with Gasteiger partial charge in [0.2, 0.25) is 12.0 Å². The fourth-order valence-electron chi connectivity index (χ4n) is 1.62. The molecule has 1 aromatic carbocycles. The number of carboxylic acids is 1. The van der Waals surface area contributed by atoms with Crippen LogP contribution in [-0.4, -0.2) is 24.0 Å². The van der Waals surface area contributed by atoms with Crippen LogP contribution >= 0.6 is 0 Å². The maximum atomic E-state index is 11.2. The highest BCUT2D eigenvalue weighted by molar-refractivity contribution is 5.84. The van der Waals surface area contributed by atoms with Gasteiger partial charge in [0.15, 0.2) is 0 Å². The molecule has 0 aliphatic heterocycles. The summed E-state index contributed by atoms with van der Waals surface area (Å²) >= 11 is 0. The zero-order valence-corrected chi connectivity index (χ0v) is 12.0. The summed E-state index contributed by atoms with van der Waals surface area (Å²) in [5.41, 5.74) is 0. The molecule has 1 rings (SSSR count). The van der Waals surface area contributed by atoms with Crippen LogP contribution in [-0.2, 0) is 14.3 Å². The first-order chi connectivity index (χ1) is 9.58. The third-order valence-electron chi connectivity index (χ3n) is 2.42. The monoisotopic (exact) mass is 280 g/mol. The first-order valence-electron chi connectivity index (χ1n) is 6.56. The van der Waals surface area contributed by atoms with Crippen molar-refractivity contribution in [2.75, 3.05) is 6.61 Å². The number of benzene rings is 1. The quantitative estimate of drug-likeness (QED) is 0.450. The molecule has 0 bridgehead atoms. The van der Waals surface area contributed by atoms with Gasteiger partial charge in [0, 0.05) is 13.3 Å². The highest BCUT2D eigenvalue weighted by Gasteiger charge is 2.20. The van der Waals surface area contributed by atoms with Crippen molar-refractivity contribution in [3.63, 3.8) is 0 Å². The Labute approximate surface area is 118 Å². The molecule has 0 fully saturated rings. The van der Waals surface area contributed by atoms with Crippen LogP contribution in [0.3, 0.4) is 0 Å². The molecule has 1 aromatic rings. The molecule has 0 spiro atoms. The van der Waals surface area contributed by atoms with Crippen LogP contribution in [0.2, 0.25) is 0 Å². The van der Waals surface area contributed by atoms with Crippen LogP contribution in [0.5, 0.6) is 5.75 Å². The number of hydrogen-bond acceptors (Lipinski definition) is 4. The summed E-state index contributed by atoms with van der Waals surface area (Å²) < 4.78 is 16.1. The van der Waals surface area contributed by atoms with E-state index in [-0.39, 0.29) is 5.76 Å². The topological polar surface area (TPSA) is 65.0 Å². The Kier molecular flexibility index (Phi) is 6.43. The zero-order chi connectivity index (χ0) is 15.0. The third-order valence-corrected chi connectivity index (χ3v) is 2.42. The van der Waals surface area contributed by atoms with E-state index in [1.807, 2.05) is 18.2 Å². The van der Waals surface area contributed by atoms with Crippen molar-refractivity contribution in [3.8, 4) is 5.75 Å². The largest absolute Gasteiger partial charge is 0.494 e. The lowest BCUT2D eigenvalue weighted by Crippen LogP contribution is -2.21. The molecule has 110 valence electrons. The molecule has 0 saturated heterocycles. The Morgan fingerprint density at radius 2 is 1.90 bits per heavy atom. The number of rotatable bonds is 8. The average Bonchev–Trinajstić information content (AvgIpc) is 2.43. The summed E-state index contributed by atoms with van der Waals surface area (Å²) in [5, 5.41) is 9.20. The van der Waals surface area contributed by atoms with Gasteiger partial charge in [0.25, 0.3) is 0 Å². The summed E-state index contributed by atoms with van der Waals surface area (Å²) in [6, 6.07) is 9.06. The molecule has 0 radical (unpaired) electrons. The summed E-state index contributed by atoms with van der Waals surface area (Å²) in [7, 11) is 0. The number of hydrogen-bond donors (Lipinski definition) is 1. The smallest absolute Gasteiger partial charge is 0.374 e. The molecule has 0 amide bonds. The van der Waals surface area contributed by atoms with E-state index in [0.717, 1.165) is 0 Å². The van der Waals surface area contributed by atoms with Crippen LogP contribution in [0.25, 0.3) is 0 Å². The maximum Gasteiger partial charge on any atom is 0.374 e. The Balaban J connectivity index is 2.77. The highest BCUT2D eigenvalue weighted by atomic mass is 16.7. The second kappa shape index (κ2) is 8.09. The van der Waals surface area contributed by atoms with Crippen molar-refractivity contribution in [1.29, 1.82) is 0 Å². The summed E-state index contributed by atoms with van der Waals surface area (Å²) in [6.45, 7) is 5.62. The van der Waals surface area contributed by atoms with Crippen molar-refractivity contribution < 1.29 is 24.1 Å². The number of para-hydroxylation sites is 1. The van der Waals surface area contributed by atoms with E-state index in [9.17, 15) is 9.90 Å². The highest BCUT2D eigenvalue weighted by Crippen LogP contribution is 2.17. The minimum atomic E-state index is -1.17. The lowest BCUT2D eigenvalue weighted by atomic mass is 10.3. The van der Waals surface area contributed by atoms with Gasteiger partial charge in [-0.05, 0) is 19.1 Å². The average molecular weight is 280 g/mol. The molecule has 0 aromatic heterocycles. The van der Waals surface area contributed by atoms with Crippen molar-refractivity contribution >= 4 is 5.97 Å². The number of allylic oxidation sites excluding steroid dienone is 1. The molecular weight excluding hydrogens is 260 g/mol. The van der Waals surface area contributed by atoms with E-state index in [0.29, 0.717) is 24.5 Å². The van der Waals surface area contributed by atoms with E-state index in [1.54, 1.807) is 32.9 Å². The van der Waals surface area contributed by atoms with Crippen LogP contribution in [0.1, 0.15) is 27.2 Å². The summed E-state index contributed by atoms with van der Waals surface area (Å²) in [5.74, 6) is -0.459. The van der Waals surface area contributed by atoms with E-state index in [2.05, 4.69) is 0 Å². The lowest BCUT2D eigenvalue weighted by molar-refractivity contribution is -0.142. The van der Waals surface area contributed by atoms with Crippen molar-refractivity contribution in [1.82, 2.24) is 0 Å². The Morgan fingerprint density at radius 1 is 1.25 bits per heavy atom. The van der Waals surface area contributed by atoms with Crippen molar-refractivity contribution in [3.05, 3.63) is 41.9 Å². The van der Waals surface area contributed by atoms with E-state index >= 15 is 0 Å². The first-order valence-corrected chi connectivity index (χ1v) is 6.56. The molecule has 0 heterocycles. The van der Waals surface area contributed by atoms with Gasteiger partial charge in [-0.2, -0.15) is 0 Å². The standard InChI is InChI=1S/C15H20O5/c1-4-13(18-5-2)14(15(16)17)20-11(3)19-12-9-7-6-8-10-12/h6-11H,4-5H2,1-3H3,(H,16,17)/b14-13+. The van der Waals surface area contributed by atoms with Gasteiger partial charge in [-0.25, -0.2) is 4.79 Å². The minimum absolute atomic E-state index is 0.210. The third kappa shape index (κ3) is 4.84. The fourth-order valence-corrected chi connectivity index (χ4v) is 1.62. The molecular formula is C15H20O5. The van der Waals surface area contributed by atoms with Crippen molar-refractivity contribution in [2.24, 2.45) is 0 Å². The van der Waals surface area contributed by atoms with E-state index in [4.69, 9.17) is 14.2 Å². The van der Waals surface area contributed by atoms with Gasteiger partial charge in [-0.1, -0.05) is 25.1 Å². The van der Waals surface area contributed by atoms with Crippen LogP contribution < -0.4 is 4.74 Å². The molecule has 0 saturated carbocycles. The second-order valence-corrected chi connectivity index (χ2v) is 3.96. The Hall–Kier alpha value is -2.17. The van der Waals surface area contributed by atoms with Gasteiger partial charge in [-0.3, -0.25) is 0 Å². The van der Waals surface area contributed by atoms with Gasteiger partial charge < -0.3 is 19.3 Å². The molecule has 1 N–H and O–H groups in total. The second-order valence-electron chi connectivity index (χ2n) is 3.96. The first kappa shape index (κ1) is 15.9. The summed E-state index contributed by atoms with van der Waals surface area (Å²) in [6.07, 6.45) is -0.293. The Bertz CT molecular complexity index is 453. The number of carboxylic acid groups (broad SMARTS) is 1. The van der Waals surface area contributed by atoms with Crippen LogP contribution in [0, 0.1) is 0 Å². The van der Waals surface area contributed by atoms with E-state index in [1.165, 1.54) is 0 Å². The minimum Gasteiger partial charge on any atom is -0.494 e. The lowest BCUT2D eigenvalue weighted by Gasteiger charge is -2.18. The predicted octanol–water partition coefficient (Wildman–Crippen LogP) is 3.17. The molecule has 1 atom stereocenters. The molecule has 1 unspecified atom stereocenters. The molecule has 20 heavy (non-hydrogen) atoms. The zero-order valence-electron chi connectivity index (χ0n) is 12.0. The van der Waals surface area contributed by atoms with Crippen LogP contribution in [0.15, 0.2) is 41.9 Å². The van der Waals surface area contributed by atoms with Crippen molar-refractivity contribution in [2.45, 2.75) is 33.5 Å². The maximum absolute atomic E-state index is 11.2. The SMILES string of the molecule is CCO/C(CC)=C(/OC(C)Oc1ccccc1)C(=O)O. The Morgan fingerprint density at radius 3 is 2.40 bits per heavy atom. The number of ether oxygens (including phenoxy) is 3. The predicted molar refractivity (Wildman–Crippen MR) is 74.2 cm³/mol. The number of carbonyl (C=O) groups is 1. The number of aliphatic carboxylic acids is 1. The van der Waals surface area contributed by atoms with E-state index < -0.39 is 12.3 Å². The van der Waals surface area contributed by atoms with Gasteiger partial charge in [0.05, 0.1) is 6.61 Å². The molecule has 0 aliphatic carbocycles. The molecule has 5 heteroatoms. The molecule has 5 nitrogen and oxygen atoms in total. The summed E-state index contributed by atoms with van der Waals surface area (Å²) in [4.78, 5) is 11.2. The van der Waals surface area contributed by atoms with Gasteiger partial charge >= 0.3 is 5.97 Å². The molecule has 0 aliphatic rings. The normalized spacial score (nSPS) is 13.2.